The molecule has 114 valence electrons. The fourth-order valence-corrected chi connectivity index (χ4v) is 2.21. The highest BCUT2D eigenvalue weighted by molar-refractivity contribution is 5.46. The van der Waals surface area contributed by atoms with Crippen molar-refractivity contribution in [2.75, 3.05) is 0 Å². The Morgan fingerprint density at radius 3 is 2.59 bits per heavy atom. The summed E-state index contributed by atoms with van der Waals surface area (Å²) in [6, 6.07) is 5.09. The van der Waals surface area contributed by atoms with Gasteiger partial charge in [0.25, 0.3) is 0 Å². The third kappa shape index (κ3) is 3.22. The van der Waals surface area contributed by atoms with Crippen LogP contribution in [0.2, 0.25) is 0 Å². The zero-order valence-electron chi connectivity index (χ0n) is 13.1. The van der Waals surface area contributed by atoms with Crippen molar-refractivity contribution in [3.63, 3.8) is 0 Å². The first-order valence-corrected chi connectivity index (χ1v) is 7.09. The summed E-state index contributed by atoms with van der Waals surface area (Å²) in [4.78, 5) is 8.41. The van der Waals surface area contributed by atoms with Gasteiger partial charge in [-0.1, -0.05) is 6.07 Å². The first-order chi connectivity index (χ1) is 10.4. The van der Waals surface area contributed by atoms with Crippen LogP contribution in [0.5, 0.6) is 5.88 Å². The maximum absolute atomic E-state index is 13.6. The third-order valence-corrected chi connectivity index (χ3v) is 3.44. The van der Waals surface area contributed by atoms with Crippen LogP contribution in [0.4, 0.5) is 4.39 Å². The largest absolute Gasteiger partial charge is 0.475 e. The molecule has 1 heterocycles. The second-order valence-corrected chi connectivity index (χ2v) is 5.41. The lowest BCUT2D eigenvalue weighted by Crippen LogP contribution is -2.10. The van der Waals surface area contributed by atoms with E-state index in [4.69, 9.17) is 4.74 Å². The molecule has 0 aliphatic rings. The summed E-state index contributed by atoms with van der Waals surface area (Å²) < 4.78 is 19.2. The molecule has 0 aliphatic carbocycles. The average Bonchev–Trinajstić information content (AvgIpc) is 2.47. The van der Waals surface area contributed by atoms with Gasteiger partial charge in [0.2, 0.25) is 5.88 Å². The summed E-state index contributed by atoms with van der Waals surface area (Å²) in [5, 5.41) is 9.27. The topological polar surface area (TPSA) is 58.8 Å². The Balaban J connectivity index is 2.40. The number of hydrogen-bond acceptors (Lipinski definition) is 4. The number of rotatable bonds is 4. The van der Waals surface area contributed by atoms with E-state index < -0.39 is 0 Å². The van der Waals surface area contributed by atoms with Crippen LogP contribution in [-0.4, -0.2) is 16.1 Å². The molecule has 0 N–H and O–H groups in total. The molecule has 4 nitrogen and oxygen atoms in total. The molecule has 1 aromatic carbocycles. The van der Waals surface area contributed by atoms with Crippen molar-refractivity contribution < 1.29 is 9.13 Å². The van der Waals surface area contributed by atoms with Crippen LogP contribution in [0.15, 0.2) is 18.5 Å². The first kappa shape index (κ1) is 15.9. The Labute approximate surface area is 129 Å². The van der Waals surface area contributed by atoms with Gasteiger partial charge in [-0.2, -0.15) is 5.26 Å². The Morgan fingerprint density at radius 1 is 1.23 bits per heavy atom. The molecule has 0 saturated carbocycles. The lowest BCUT2D eigenvalue weighted by Gasteiger charge is -2.14. The zero-order chi connectivity index (χ0) is 16.3. The SMILES string of the molecule is Cc1c(Cc2ccc(F)c(C)c2C#N)ncnc1OC(C)C. The first-order valence-electron chi connectivity index (χ1n) is 7.09. The van der Waals surface area contributed by atoms with Gasteiger partial charge in [-0.25, -0.2) is 14.4 Å². The predicted molar refractivity (Wildman–Crippen MR) is 81.2 cm³/mol. The van der Waals surface area contributed by atoms with Crippen LogP contribution < -0.4 is 4.74 Å². The van der Waals surface area contributed by atoms with Gasteiger partial charge in [0, 0.05) is 17.5 Å². The van der Waals surface area contributed by atoms with Crippen LogP contribution in [0.25, 0.3) is 0 Å². The molecule has 0 unspecified atom stereocenters. The van der Waals surface area contributed by atoms with E-state index in [0.717, 1.165) is 16.8 Å². The molecule has 1 aromatic heterocycles. The molecule has 0 bridgehead atoms. The van der Waals surface area contributed by atoms with Crippen LogP contribution in [0.3, 0.4) is 0 Å². The Hall–Kier alpha value is -2.48. The number of benzene rings is 1. The Bertz CT molecular complexity index is 735. The fourth-order valence-electron chi connectivity index (χ4n) is 2.21. The zero-order valence-corrected chi connectivity index (χ0v) is 13.1. The van der Waals surface area contributed by atoms with Crippen molar-refractivity contribution in [1.82, 2.24) is 9.97 Å². The third-order valence-electron chi connectivity index (χ3n) is 3.44. The van der Waals surface area contributed by atoms with Gasteiger partial charge < -0.3 is 4.74 Å². The van der Waals surface area contributed by atoms with Crippen molar-refractivity contribution >= 4 is 0 Å². The smallest absolute Gasteiger partial charge is 0.219 e. The van der Waals surface area contributed by atoms with E-state index in [0.29, 0.717) is 23.4 Å². The standard InChI is InChI=1S/C17H18FN3O/c1-10(2)22-17-12(4)16(20-9-21-17)7-13-5-6-15(18)11(3)14(13)8-19/h5-6,9-10H,7H2,1-4H3. The quantitative estimate of drug-likeness (QED) is 0.867. The van der Waals surface area contributed by atoms with Crippen LogP contribution >= 0.6 is 0 Å². The van der Waals surface area contributed by atoms with Crippen molar-refractivity contribution in [3.8, 4) is 11.9 Å². The van der Waals surface area contributed by atoms with Crippen LogP contribution in [0.1, 0.15) is 41.8 Å². The molecule has 0 amide bonds. The Morgan fingerprint density at radius 2 is 1.95 bits per heavy atom. The maximum atomic E-state index is 13.6. The van der Waals surface area contributed by atoms with Crippen molar-refractivity contribution in [1.29, 1.82) is 5.26 Å². The van der Waals surface area contributed by atoms with Gasteiger partial charge in [0.1, 0.15) is 12.1 Å². The van der Waals surface area contributed by atoms with Crippen molar-refractivity contribution in [3.05, 3.63) is 52.2 Å². The van der Waals surface area contributed by atoms with Gasteiger partial charge in [-0.05, 0) is 39.3 Å². The summed E-state index contributed by atoms with van der Waals surface area (Å²) in [6.07, 6.45) is 1.90. The monoisotopic (exact) mass is 299 g/mol. The number of nitrogens with zero attached hydrogens (tertiary/aromatic N) is 3. The molecule has 0 radical (unpaired) electrons. The summed E-state index contributed by atoms with van der Waals surface area (Å²) >= 11 is 0. The van der Waals surface area contributed by atoms with Gasteiger partial charge >= 0.3 is 0 Å². The molecular formula is C17H18FN3O. The molecule has 0 fully saturated rings. The van der Waals surface area contributed by atoms with Gasteiger partial charge in [0.05, 0.1) is 23.4 Å². The molecule has 22 heavy (non-hydrogen) atoms. The molecule has 5 heteroatoms. The highest BCUT2D eigenvalue weighted by Crippen LogP contribution is 2.23. The highest BCUT2D eigenvalue weighted by atomic mass is 19.1. The van der Waals surface area contributed by atoms with Crippen LogP contribution in [-0.2, 0) is 6.42 Å². The van der Waals surface area contributed by atoms with E-state index in [9.17, 15) is 9.65 Å². The summed E-state index contributed by atoms with van der Waals surface area (Å²) in [5.41, 5.74) is 3.09. The molecule has 0 aliphatic heterocycles. The van der Waals surface area contributed by atoms with E-state index in [1.807, 2.05) is 20.8 Å². The number of hydrogen-bond donors (Lipinski definition) is 0. The second kappa shape index (κ2) is 6.52. The van der Waals surface area contributed by atoms with E-state index in [1.165, 1.54) is 12.4 Å². The maximum Gasteiger partial charge on any atom is 0.219 e. The molecular weight excluding hydrogens is 281 g/mol. The summed E-state index contributed by atoms with van der Waals surface area (Å²) in [5.74, 6) is 0.167. The van der Waals surface area contributed by atoms with E-state index in [2.05, 4.69) is 16.0 Å². The Kier molecular flexibility index (Phi) is 4.71. The highest BCUT2D eigenvalue weighted by Gasteiger charge is 2.14. The van der Waals surface area contributed by atoms with Gasteiger partial charge in [0.15, 0.2) is 0 Å². The molecule has 2 rings (SSSR count). The lowest BCUT2D eigenvalue weighted by atomic mass is 9.97. The number of aromatic nitrogens is 2. The molecule has 2 aromatic rings. The fraction of sp³-hybridized carbons (Fsp3) is 0.353. The summed E-state index contributed by atoms with van der Waals surface area (Å²) in [6.45, 7) is 7.35. The number of ether oxygens (including phenoxy) is 1. The minimum atomic E-state index is -0.372. The lowest BCUT2D eigenvalue weighted by molar-refractivity contribution is 0.230. The van der Waals surface area contributed by atoms with Crippen molar-refractivity contribution in [2.45, 2.75) is 40.2 Å². The minimum absolute atomic E-state index is 0.0178. The molecule has 0 saturated heterocycles. The van der Waals surface area contributed by atoms with Crippen LogP contribution in [0, 0.1) is 31.0 Å². The summed E-state index contributed by atoms with van der Waals surface area (Å²) in [7, 11) is 0. The molecule has 0 atom stereocenters. The minimum Gasteiger partial charge on any atom is -0.475 e. The number of halogens is 1. The average molecular weight is 299 g/mol. The van der Waals surface area contributed by atoms with Crippen molar-refractivity contribution in [2.24, 2.45) is 0 Å². The normalized spacial score (nSPS) is 10.6. The number of nitriles is 1. The predicted octanol–water partition coefficient (Wildman–Crippen LogP) is 3.48. The van der Waals surface area contributed by atoms with Gasteiger partial charge in [-0.3, -0.25) is 0 Å². The second-order valence-electron chi connectivity index (χ2n) is 5.41. The van der Waals surface area contributed by atoms with E-state index in [-0.39, 0.29) is 11.9 Å². The van der Waals surface area contributed by atoms with E-state index in [1.54, 1.807) is 13.0 Å². The molecule has 0 spiro atoms. The van der Waals surface area contributed by atoms with E-state index >= 15 is 0 Å². The van der Waals surface area contributed by atoms with Gasteiger partial charge in [-0.15, -0.1) is 0 Å².